The van der Waals surface area contributed by atoms with Crippen molar-refractivity contribution in [2.75, 3.05) is 13.1 Å². The fourth-order valence-corrected chi connectivity index (χ4v) is 3.05. The molecule has 0 aromatic carbocycles. The molecule has 1 atom stereocenters. The van der Waals surface area contributed by atoms with Gasteiger partial charge in [0.2, 0.25) is 0 Å². The summed E-state index contributed by atoms with van der Waals surface area (Å²) < 4.78 is 0. The molecule has 2 rings (SSSR count). The van der Waals surface area contributed by atoms with Crippen molar-refractivity contribution < 1.29 is 0 Å². The van der Waals surface area contributed by atoms with Crippen molar-refractivity contribution in [2.45, 2.75) is 39.8 Å². The number of hydrogen-bond acceptors (Lipinski definition) is 3. The molecule has 0 saturated carbocycles. The highest BCUT2D eigenvalue weighted by Gasteiger charge is 2.27. The first-order valence-electron chi connectivity index (χ1n) is 6.02. The maximum atomic E-state index is 6.04. The Morgan fingerprint density at radius 2 is 2.31 bits per heavy atom. The van der Waals surface area contributed by atoms with E-state index in [0.29, 0.717) is 0 Å². The molecule has 0 fully saturated rings. The Morgan fingerprint density at radius 1 is 1.56 bits per heavy atom. The first-order valence-corrected chi connectivity index (χ1v) is 6.90. The Morgan fingerprint density at radius 3 is 3.00 bits per heavy atom. The van der Waals surface area contributed by atoms with Gasteiger partial charge in [0.15, 0.2) is 0 Å². The van der Waals surface area contributed by atoms with Crippen molar-refractivity contribution >= 4 is 11.3 Å². The minimum atomic E-state index is 0.202. The number of hydrogen-bond donors (Lipinski definition) is 1. The van der Waals surface area contributed by atoms with Crippen LogP contribution in [0.2, 0.25) is 0 Å². The predicted molar refractivity (Wildman–Crippen MR) is 70.7 cm³/mol. The van der Waals surface area contributed by atoms with Crippen LogP contribution >= 0.6 is 11.3 Å². The molecule has 3 heteroatoms. The van der Waals surface area contributed by atoms with Gasteiger partial charge in [0.25, 0.3) is 0 Å². The molecule has 90 valence electrons. The van der Waals surface area contributed by atoms with E-state index in [1.807, 2.05) is 11.3 Å². The maximum Gasteiger partial charge on any atom is 0.0245 e. The maximum absolute atomic E-state index is 6.04. The fourth-order valence-electron chi connectivity index (χ4n) is 2.16. The molecule has 0 saturated heterocycles. The van der Waals surface area contributed by atoms with E-state index >= 15 is 0 Å². The van der Waals surface area contributed by atoms with E-state index in [0.717, 1.165) is 13.1 Å². The number of thiophene rings is 1. The SMILES string of the molecule is CC(N)C(C)(C)CN1CCc2sccc2C1. The molecule has 1 aromatic heterocycles. The lowest BCUT2D eigenvalue weighted by atomic mass is 9.85. The highest BCUT2D eigenvalue weighted by molar-refractivity contribution is 7.10. The molecule has 0 bridgehead atoms. The topological polar surface area (TPSA) is 29.3 Å². The van der Waals surface area contributed by atoms with Gasteiger partial charge in [0.1, 0.15) is 0 Å². The summed E-state index contributed by atoms with van der Waals surface area (Å²) in [6, 6.07) is 2.52. The summed E-state index contributed by atoms with van der Waals surface area (Å²) in [5.74, 6) is 0. The van der Waals surface area contributed by atoms with Crippen LogP contribution in [0.5, 0.6) is 0 Å². The number of fused-ring (bicyclic) bond motifs is 1. The third-order valence-electron chi connectivity index (χ3n) is 3.75. The van der Waals surface area contributed by atoms with Crippen LogP contribution < -0.4 is 5.73 Å². The number of rotatable bonds is 3. The van der Waals surface area contributed by atoms with Gasteiger partial charge in [-0.05, 0) is 35.8 Å². The summed E-state index contributed by atoms with van der Waals surface area (Å²) >= 11 is 1.90. The highest BCUT2D eigenvalue weighted by atomic mass is 32.1. The largest absolute Gasteiger partial charge is 0.327 e. The minimum Gasteiger partial charge on any atom is -0.327 e. The van der Waals surface area contributed by atoms with Crippen molar-refractivity contribution in [1.82, 2.24) is 4.90 Å². The zero-order chi connectivity index (χ0) is 11.8. The molecule has 0 amide bonds. The Labute approximate surface area is 102 Å². The Balaban J connectivity index is 1.99. The van der Waals surface area contributed by atoms with Crippen LogP contribution in [0.25, 0.3) is 0 Å². The van der Waals surface area contributed by atoms with Crippen LogP contribution in [0, 0.1) is 5.41 Å². The third-order valence-corrected chi connectivity index (χ3v) is 4.77. The summed E-state index contributed by atoms with van der Waals surface area (Å²) in [5, 5.41) is 2.21. The molecule has 2 N–H and O–H groups in total. The van der Waals surface area contributed by atoms with E-state index in [4.69, 9.17) is 5.73 Å². The third kappa shape index (κ3) is 2.47. The van der Waals surface area contributed by atoms with E-state index in [-0.39, 0.29) is 11.5 Å². The molecule has 0 spiro atoms. The molecule has 1 unspecified atom stereocenters. The summed E-state index contributed by atoms with van der Waals surface area (Å²) in [5.41, 5.74) is 7.76. The lowest BCUT2D eigenvalue weighted by molar-refractivity contribution is 0.146. The first-order chi connectivity index (χ1) is 7.49. The van der Waals surface area contributed by atoms with Gasteiger partial charge < -0.3 is 5.73 Å². The zero-order valence-electron chi connectivity index (χ0n) is 10.5. The Kier molecular flexibility index (Phi) is 3.38. The predicted octanol–water partition coefficient (Wildman–Crippen LogP) is 2.48. The van der Waals surface area contributed by atoms with Gasteiger partial charge in [0.05, 0.1) is 0 Å². The second-order valence-electron chi connectivity index (χ2n) is 5.61. The average molecular weight is 238 g/mol. The molecule has 1 aromatic rings. The van der Waals surface area contributed by atoms with Crippen LogP contribution in [-0.4, -0.2) is 24.0 Å². The first kappa shape index (κ1) is 12.1. The molecular weight excluding hydrogens is 216 g/mol. The standard InChI is InChI=1S/C13H22N2S/c1-10(14)13(2,3)9-15-6-4-12-11(8-15)5-7-16-12/h5,7,10H,4,6,8-9,14H2,1-3H3. The van der Waals surface area contributed by atoms with Crippen molar-refractivity contribution in [3.05, 3.63) is 21.9 Å². The van der Waals surface area contributed by atoms with Crippen molar-refractivity contribution in [1.29, 1.82) is 0 Å². The van der Waals surface area contributed by atoms with Crippen molar-refractivity contribution in [3.63, 3.8) is 0 Å². The molecule has 0 radical (unpaired) electrons. The van der Waals surface area contributed by atoms with Crippen molar-refractivity contribution in [2.24, 2.45) is 11.1 Å². The van der Waals surface area contributed by atoms with Crippen LogP contribution in [0.1, 0.15) is 31.2 Å². The average Bonchev–Trinajstić information content (AvgIpc) is 2.63. The van der Waals surface area contributed by atoms with E-state index in [9.17, 15) is 0 Å². The minimum absolute atomic E-state index is 0.202. The van der Waals surface area contributed by atoms with Gasteiger partial charge in [-0.25, -0.2) is 0 Å². The number of nitrogens with zero attached hydrogens (tertiary/aromatic N) is 1. The molecule has 2 nitrogen and oxygen atoms in total. The summed E-state index contributed by atoms with van der Waals surface area (Å²) in [7, 11) is 0. The second-order valence-corrected chi connectivity index (χ2v) is 6.61. The Bertz CT molecular complexity index is 355. The van der Waals surface area contributed by atoms with Gasteiger partial charge in [-0.2, -0.15) is 0 Å². The smallest absolute Gasteiger partial charge is 0.0245 e. The monoisotopic (exact) mass is 238 g/mol. The molecular formula is C13H22N2S. The highest BCUT2D eigenvalue weighted by Crippen LogP contribution is 2.27. The zero-order valence-corrected chi connectivity index (χ0v) is 11.3. The summed E-state index contributed by atoms with van der Waals surface area (Å²) in [6.07, 6.45) is 1.21. The van der Waals surface area contributed by atoms with Gasteiger partial charge in [-0.3, -0.25) is 4.90 Å². The van der Waals surface area contributed by atoms with Crippen LogP contribution in [0.4, 0.5) is 0 Å². The van der Waals surface area contributed by atoms with E-state index in [1.54, 1.807) is 4.88 Å². The van der Waals surface area contributed by atoms with Gasteiger partial charge in [-0.15, -0.1) is 11.3 Å². The molecule has 1 aliphatic heterocycles. The molecule has 16 heavy (non-hydrogen) atoms. The fraction of sp³-hybridized carbons (Fsp3) is 0.692. The van der Waals surface area contributed by atoms with Crippen LogP contribution in [0.15, 0.2) is 11.4 Å². The second kappa shape index (κ2) is 4.47. The lowest BCUT2D eigenvalue weighted by Gasteiger charge is -2.37. The van der Waals surface area contributed by atoms with Crippen molar-refractivity contribution in [3.8, 4) is 0 Å². The van der Waals surface area contributed by atoms with E-state index in [2.05, 4.69) is 37.1 Å². The van der Waals surface area contributed by atoms with Crippen LogP contribution in [-0.2, 0) is 13.0 Å². The van der Waals surface area contributed by atoms with E-state index in [1.165, 1.54) is 18.5 Å². The summed E-state index contributed by atoms with van der Waals surface area (Å²) in [6.45, 7) is 10.0. The van der Waals surface area contributed by atoms with Gasteiger partial charge in [0, 0.05) is 30.6 Å². The number of nitrogens with two attached hydrogens (primary N) is 1. The van der Waals surface area contributed by atoms with Gasteiger partial charge >= 0.3 is 0 Å². The summed E-state index contributed by atoms with van der Waals surface area (Å²) in [4.78, 5) is 4.12. The molecule has 0 aliphatic carbocycles. The quantitative estimate of drug-likeness (QED) is 0.876. The van der Waals surface area contributed by atoms with Gasteiger partial charge in [-0.1, -0.05) is 13.8 Å². The lowest BCUT2D eigenvalue weighted by Crippen LogP contribution is -2.45. The Hall–Kier alpha value is -0.380. The van der Waals surface area contributed by atoms with Crippen LogP contribution in [0.3, 0.4) is 0 Å². The molecule has 2 heterocycles. The van der Waals surface area contributed by atoms with E-state index < -0.39 is 0 Å². The molecule has 1 aliphatic rings. The normalized spacial score (nSPS) is 19.5.